The Kier molecular flexibility index (Phi) is 5.76. The minimum Gasteiger partial charge on any atom is -0.486 e. The van der Waals surface area contributed by atoms with Crippen molar-refractivity contribution in [3.63, 3.8) is 0 Å². The van der Waals surface area contributed by atoms with E-state index in [1.807, 2.05) is 19.2 Å². The molecule has 0 fully saturated rings. The van der Waals surface area contributed by atoms with E-state index < -0.39 is 5.91 Å². The number of hydrogen-bond acceptors (Lipinski definition) is 5. The quantitative estimate of drug-likeness (QED) is 0.836. The van der Waals surface area contributed by atoms with Crippen molar-refractivity contribution in [2.45, 2.75) is 26.6 Å². The third kappa shape index (κ3) is 4.19. The number of aromatic nitrogens is 1. The second-order valence-corrected chi connectivity index (χ2v) is 5.89. The average molecular weight is 341 g/mol. The van der Waals surface area contributed by atoms with Gasteiger partial charge in [0, 0.05) is 17.0 Å². The highest BCUT2D eigenvalue weighted by atomic mass is 35.5. The van der Waals surface area contributed by atoms with Crippen molar-refractivity contribution in [1.82, 2.24) is 4.98 Å². The predicted octanol–water partition coefficient (Wildman–Crippen LogP) is 3.57. The molecule has 5 nitrogen and oxygen atoms in total. The van der Waals surface area contributed by atoms with Gasteiger partial charge < -0.3 is 15.2 Å². The van der Waals surface area contributed by atoms with Gasteiger partial charge in [0.25, 0.3) is 5.91 Å². The molecule has 0 aliphatic rings. The van der Waals surface area contributed by atoms with Crippen LogP contribution in [0.4, 0.5) is 0 Å². The molecule has 0 aliphatic heterocycles. The summed E-state index contributed by atoms with van der Waals surface area (Å²) in [6, 6.07) is 4.76. The number of hydrogen-bond donors (Lipinski definition) is 1. The number of carbonyl (C=O) groups is 1. The van der Waals surface area contributed by atoms with Gasteiger partial charge in [0.2, 0.25) is 0 Å². The van der Waals surface area contributed by atoms with Gasteiger partial charge in [-0.2, -0.15) is 0 Å². The molecule has 118 valence electrons. The summed E-state index contributed by atoms with van der Waals surface area (Å²) in [5.41, 5.74) is 6.35. The van der Waals surface area contributed by atoms with E-state index in [9.17, 15) is 4.79 Å². The molecule has 0 aliphatic carbocycles. The average Bonchev–Trinajstić information content (AvgIpc) is 2.95. The lowest BCUT2D eigenvalue weighted by Crippen LogP contribution is -2.13. The summed E-state index contributed by atoms with van der Waals surface area (Å²) in [7, 11) is 0. The Morgan fingerprint density at radius 2 is 2.27 bits per heavy atom. The fourth-order valence-corrected chi connectivity index (χ4v) is 2.85. The zero-order valence-electron chi connectivity index (χ0n) is 12.3. The molecule has 1 aromatic heterocycles. The van der Waals surface area contributed by atoms with Gasteiger partial charge in [0.1, 0.15) is 23.5 Å². The molecule has 7 heteroatoms. The lowest BCUT2D eigenvalue weighted by atomic mass is 10.2. The van der Waals surface area contributed by atoms with Crippen molar-refractivity contribution in [2.24, 2.45) is 5.73 Å². The maximum atomic E-state index is 11.4. The van der Waals surface area contributed by atoms with Crippen LogP contribution in [0.1, 0.15) is 41.0 Å². The van der Waals surface area contributed by atoms with Gasteiger partial charge in [-0.3, -0.25) is 4.79 Å². The normalized spacial score (nSPS) is 12.1. The molecule has 0 saturated carbocycles. The second-order valence-electron chi connectivity index (χ2n) is 4.57. The Morgan fingerprint density at radius 1 is 1.50 bits per heavy atom. The number of amides is 1. The van der Waals surface area contributed by atoms with Crippen molar-refractivity contribution < 1.29 is 14.3 Å². The summed E-state index contributed by atoms with van der Waals surface area (Å²) in [5, 5.41) is 3.24. The molecular formula is C15H17ClN2O3S. The first-order valence-electron chi connectivity index (χ1n) is 6.79. The molecule has 1 aromatic carbocycles. The van der Waals surface area contributed by atoms with Gasteiger partial charge in [-0.15, -0.1) is 11.3 Å². The number of benzene rings is 1. The molecule has 2 rings (SSSR count). The summed E-state index contributed by atoms with van der Waals surface area (Å²) < 4.78 is 11.1. The highest BCUT2D eigenvalue weighted by Crippen LogP contribution is 2.25. The summed E-state index contributed by atoms with van der Waals surface area (Å²) in [4.78, 5) is 15.9. The maximum Gasteiger partial charge on any atom is 0.252 e. The van der Waals surface area contributed by atoms with Crippen LogP contribution in [-0.2, 0) is 11.3 Å². The minimum atomic E-state index is -0.582. The molecule has 1 heterocycles. The number of ether oxygens (including phenoxy) is 2. The number of thiazole rings is 1. The summed E-state index contributed by atoms with van der Waals surface area (Å²) in [6.45, 7) is 4.79. The first kappa shape index (κ1) is 16.7. The second kappa shape index (κ2) is 7.58. The zero-order chi connectivity index (χ0) is 16.1. The Bertz CT molecular complexity index is 660. The monoisotopic (exact) mass is 340 g/mol. The number of nitrogens with zero attached hydrogens (tertiary/aromatic N) is 1. The number of carbonyl (C=O) groups excluding carboxylic acids is 1. The summed E-state index contributed by atoms with van der Waals surface area (Å²) >= 11 is 7.37. The van der Waals surface area contributed by atoms with Gasteiger partial charge in [-0.05, 0) is 32.0 Å². The molecule has 22 heavy (non-hydrogen) atoms. The van der Waals surface area contributed by atoms with Gasteiger partial charge in [-0.1, -0.05) is 11.6 Å². The van der Waals surface area contributed by atoms with Crippen LogP contribution in [0.5, 0.6) is 5.75 Å². The zero-order valence-corrected chi connectivity index (χ0v) is 13.9. The van der Waals surface area contributed by atoms with E-state index in [2.05, 4.69) is 4.98 Å². The molecule has 0 bridgehead atoms. The van der Waals surface area contributed by atoms with Crippen LogP contribution in [0.25, 0.3) is 0 Å². The van der Waals surface area contributed by atoms with E-state index in [-0.39, 0.29) is 18.3 Å². The van der Waals surface area contributed by atoms with Crippen LogP contribution >= 0.6 is 22.9 Å². The lowest BCUT2D eigenvalue weighted by Gasteiger charge is -2.09. The number of primary amides is 1. The standard InChI is InChI=1S/C15H17ClN2O3S/c1-3-20-9(2)15-18-11(8-22-15)7-21-13-5-4-10(16)6-12(13)14(17)19/h4-6,8-9H,3,7H2,1-2H3,(H2,17,19). The molecule has 1 atom stereocenters. The van der Waals surface area contributed by atoms with E-state index in [1.54, 1.807) is 12.1 Å². The highest BCUT2D eigenvalue weighted by Gasteiger charge is 2.13. The first-order valence-corrected chi connectivity index (χ1v) is 8.05. The van der Waals surface area contributed by atoms with Crippen LogP contribution in [0.3, 0.4) is 0 Å². The SMILES string of the molecule is CCOC(C)c1nc(COc2ccc(Cl)cc2C(N)=O)cs1. The fraction of sp³-hybridized carbons (Fsp3) is 0.333. The van der Waals surface area contributed by atoms with Crippen molar-refractivity contribution in [3.05, 3.63) is 44.9 Å². The molecule has 0 radical (unpaired) electrons. The first-order chi connectivity index (χ1) is 10.5. The van der Waals surface area contributed by atoms with Gasteiger partial charge in [0.05, 0.1) is 11.3 Å². The van der Waals surface area contributed by atoms with E-state index in [4.69, 9.17) is 26.8 Å². The van der Waals surface area contributed by atoms with Gasteiger partial charge >= 0.3 is 0 Å². The van der Waals surface area contributed by atoms with Crippen molar-refractivity contribution in [2.75, 3.05) is 6.61 Å². The molecule has 2 aromatic rings. The van der Waals surface area contributed by atoms with Crippen molar-refractivity contribution in [3.8, 4) is 5.75 Å². The number of rotatable bonds is 7. The Hall–Kier alpha value is -1.63. The molecule has 1 unspecified atom stereocenters. The number of nitrogens with two attached hydrogens (primary N) is 1. The Morgan fingerprint density at radius 3 is 2.95 bits per heavy atom. The van der Waals surface area contributed by atoms with Crippen LogP contribution < -0.4 is 10.5 Å². The molecule has 2 N–H and O–H groups in total. The molecular weight excluding hydrogens is 324 g/mol. The smallest absolute Gasteiger partial charge is 0.252 e. The maximum absolute atomic E-state index is 11.4. The molecule has 1 amide bonds. The molecule has 0 spiro atoms. The van der Waals surface area contributed by atoms with Gasteiger partial charge in [-0.25, -0.2) is 4.98 Å². The van der Waals surface area contributed by atoms with Crippen LogP contribution in [0, 0.1) is 0 Å². The predicted molar refractivity (Wildman–Crippen MR) is 86.5 cm³/mol. The van der Waals surface area contributed by atoms with Crippen LogP contribution in [-0.4, -0.2) is 17.5 Å². The van der Waals surface area contributed by atoms with E-state index in [1.165, 1.54) is 17.4 Å². The summed E-state index contributed by atoms with van der Waals surface area (Å²) in [6.07, 6.45) is -0.0412. The third-order valence-corrected chi connectivity index (χ3v) is 4.21. The fourth-order valence-electron chi connectivity index (χ4n) is 1.87. The third-order valence-electron chi connectivity index (χ3n) is 2.92. The Labute approximate surface area is 138 Å². The van der Waals surface area contributed by atoms with E-state index in [0.717, 1.165) is 10.7 Å². The Balaban J connectivity index is 2.06. The molecule has 0 saturated heterocycles. The number of halogens is 1. The van der Waals surface area contributed by atoms with E-state index >= 15 is 0 Å². The van der Waals surface area contributed by atoms with Crippen molar-refractivity contribution >= 4 is 28.8 Å². The van der Waals surface area contributed by atoms with Crippen LogP contribution in [0.2, 0.25) is 5.02 Å². The topological polar surface area (TPSA) is 74.4 Å². The van der Waals surface area contributed by atoms with E-state index in [0.29, 0.717) is 17.4 Å². The van der Waals surface area contributed by atoms with Crippen molar-refractivity contribution in [1.29, 1.82) is 0 Å². The highest BCUT2D eigenvalue weighted by molar-refractivity contribution is 7.09. The minimum absolute atomic E-state index is 0.0412. The van der Waals surface area contributed by atoms with Gasteiger partial charge in [0.15, 0.2) is 0 Å². The summed E-state index contributed by atoms with van der Waals surface area (Å²) in [5.74, 6) is -0.189. The van der Waals surface area contributed by atoms with Crippen LogP contribution in [0.15, 0.2) is 23.6 Å². The largest absolute Gasteiger partial charge is 0.486 e. The lowest BCUT2D eigenvalue weighted by molar-refractivity contribution is 0.0760.